The highest BCUT2D eigenvalue weighted by molar-refractivity contribution is 6.31. The zero-order chi connectivity index (χ0) is 17.6. The Bertz CT molecular complexity index is 929. The number of ether oxygens (including phenoxy) is 1. The molecule has 0 spiro atoms. The first kappa shape index (κ1) is 16.3. The fourth-order valence-electron chi connectivity index (χ4n) is 3.27. The largest absolute Gasteiger partial charge is 0.394 e. The van der Waals surface area contributed by atoms with Gasteiger partial charge in [-0.2, -0.15) is 0 Å². The van der Waals surface area contributed by atoms with E-state index in [2.05, 4.69) is 9.97 Å². The van der Waals surface area contributed by atoms with Crippen LogP contribution in [-0.4, -0.2) is 43.6 Å². The summed E-state index contributed by atoms with van der Waals surface area (Å²) in [4.78, 5) is 8.41. The van der Waals surface area contributed by atoms with E-state index in [0.29, 0.717) is 28.3 Å². The molecule has 1 saturated heterocycles. The number of benzene rings is 1. The van der Waals surface area contributed by atoms with Crippen LogP contribution in [0.15, 0.2) is 36.8 Å². The van der Waals surface area contributed by atoms with Crippen LogP contribution in [0.2, 0.25) is 5.02 Å². The molecule has 4 rings (SSSR count). The van der Waals surface area contributed by atoms with Crippen molar-refractivity contribution in [3.63, 3.8) is 0 Å². The van der Waals surface area contributed by atoms with Gasteiger partial charge in [-0.05, 0) is 17.7 Å². The maximum atomic E-state index is 10.3. The van der Waals surface area contributed by atoms with E-state index in [1.807, 2.05) is 24.4 Å². The molecule has 1 aliphatic heterocycles. The molecule has 8 heteroatoms. The van der Waals surface area contributed by atoms with Crippen LogP contribution < -0.4 is 5.73 Å². The molecule has 3 heterocycles. The number of aromatic nitrogens is 3. The third kappa shape index (κ3) is 2.75. The van der Waals surface area contributed by atoms with Gasteiger partial charge in [0.15, 0.2) is 6.23 Å². The summed E-state index contributed by atoms with van der Waals surface area (Å²) in [5, 5.41) is 20.9. The molecule has 0 amide bonds. The van der Waals surface area contributed by atoms with E-state index < -0.39 is 18.4 Å². The van der Waals surface area contributed by atoms with Gasteiger partial charge in [-0.3, -0.25) is 0 Å². The van der Waals surface area contributed by atoms with Gasteiger partial charge >= 0.3 is 0 Å². The molecule has 3 aromatic rings. The van der Waals surface area contributed by atoms with Crippen LogP contribution in [0.1, 0.15) is 12.6 Å². The number of aliphatic hydroxyl groups excluding tert-OH is 2. The highest BCUT2D eigenvalue weighted by Gasteiger charge is 2.36. The topological polar surface area (TPSA) is 106 Å². The Hall–Kier alpha value is -2.19. The molecule has 25 heavy (non-hydrogen) atoms. The average molecular weight is 361 g/mol. The number of hydrogen-bond donors (Lipinski definition) is 3. The number of nitrogens with two attached hydrogens (primary N) is 1. The lowest BCUT2D eigenvalue weighted by atomic mass is 10.1. The Morgan fingerprint density at radius 2 is 2.20 bits per heavy atom. The predicted molar refractivity (Wildman–Crippen MR) is 94.0 cm³/mol. The summed E-state index contributed by atoms with van der Waals surface area (Å²) in [6.07, 6.45) is 1.74. The van der Waals surface area contributed by atoms with Crippen molar-refractivity contribution in [2.45, 2.75) is 24.9 Å². The quantitative estimate of drug-likeness (QED) is 0.659. The van der Waals surface area contributed by atoms with Gasteiger partial charge in [0.05, 0.1) is 18.1 Å². The van der Waals surface area contributed by atoms with Gasteiger partial charge in [0.2, 0.25) is 0 Å². The predicted octanol–water partition coefficient (Wildman–Crippen LogP) is 1.97. The Morgan fingerprint density at radius 1 is 1.36 bits per heavy atom. The molecule has 130 valence electrons. The first-order valence-electron chi connectivity index (χ1n) is 7.90. The summed E-state index contributed by atoms with van der Waals surface area (Å²) in [5.41, 5.74) is 8.32. The standard InChI is InChI=1S/C17H17ClN4O3/c18-10-3-1-2-9(4-10)12-6-22(16-14(12)15(19)20-8-21-16)17-13(24)5-11(7-23)25-17/h1-4,6,8,11,13,17,23-24H,5,7H2,(H2,19,20,21)/t11-,13+,17+/m0/s1. The Kier molecular flexibility index (Phi) is 4.09. The van der Waals surface area contributed by atoms with E-state index in [0.717, 1.165) is 11.1 Å². The minimum Gasteiger partial charge on any atom is -0.394 e. The van der Waals surface area contributed by atoms with Crippen LogP contribution in [0.4, 0.5) is 5.82 Å². The fourth-order valence-corrected chi connectivity index (χ4v) is 3.47. The number of anilines is 1. The van der Waals surface area contributed by atoms with Crippen LogP contribution in [0.5, 0.6) is 0 Å². The van der Waals surface area contributed by atoms with Gasteiger partial charge in [0.25, 0.3) is 0 Å². The molecule has 1 aliphatic rings. The van der Waals surface area contributed by atoms with Crippen molar-refractivity contribution in [1.82, 2.24) is 14.5 Å². The second-order valence-electron chi connectivity index (χ2n) is 6.05. The SMILES string of the molecule is Nc1ncnc2c1c(-c1cccc(Cl)c1)cn2[C@@H]1O[C@H](CO)C[C@H]1O. The van der Waals surface area contributed by atoms with Gasteiger partial charge in [-0.15, -0.1) is 0 Å². The smallest absolute Gasteiger partial charge is 0.161 e. The highest BCUT2D eigenvalue weighted by Crippen LogP contribution is 2.38. The number of rotatable bonds is 3. The fraction of sp³-hybridized carbons (Fsp3) is 0.294. The Balaban J connectivity index is 1.91. The number of hydrogen-bond acceptors (Lipinski definition) is 6. The molecule has 0 aliphatic carbocycles. The van der Waals surface area contributed by atoms with Crippen LogP contribution in [0.25, 0.3) is 22.2 Å². The van der Waals surface area contributed by atoms with Crippen molar-refractivity contribution in [2.75, 3.05) is 12.3 Å². The minimum atomic E-state index is -0.754. The van der Waals surface area contributed by atoms with Gasteiger partial charge in [0.1, 0.15) is 23.9 Å². The molecule has 0 radical (unpaired) electrons. The van der Waals surface area contributed by atoms with Crippen LogP contribution in [0.3, 0.4) is 0 Å². The number of halogens is 1. The Morgan fingerprint density at radius 3 is 2.92 bits per heavy atom. The summed E-state index contributed by atoms with van der Waals surface area (Å²) in [7, 11) is 0. The molecule has 3 atom stereocenters. The number of nitrogen functional groups attached to an aromatic ring is 1. The number of nitrogens with zero attached hydrogens (tertiary/aromatic N) is 3. The van der Waals surface area contributed by atoms with E-state index in [9.17, 15) is 10.2 Å². The number of fused-ring (bicyclic) bond motifs is 1. The monoisotopic (exact) mass is 360 g/mol. The Labute approximate surface area is 148 Å². The lowest BCUT2D eigenvalue weighted by Crippen LogP contribution is -2.19. The van der Waals surface area contributed by atoms with Crippen molar-refractivity contribution in [2.24, 2.45) is 0 Å². The molecule has 0 bridgehead atoms. The second-order valence-corrected chi connectivity index (χ2v) is 6.49. The summed E-state index contributed by atoms with van der Waals surface area (Å²) in [6, 6.07) is 7.39. The average Bonchev–Trinajstić information content (AvgIpc) is 3.16. The van der Waals surface area contributed by atoms with E-state index >= 15 is 0 Å². The lowest BCUT2D eigenvalue weighted by Gasteiger charge is -2.17. The van der Waals surface area contributed by atoms with Crippen LogP contribution in [0, 0.1) is 0 Å². The molecule has 1 fully saturated rings. The van der Waals surface area contributed by atoms with E-state index in [-0.39, 0.29) is 6.61 Å². The highest BCUT2D eigenvalue weighted by atomic mass is 35.5. The summed E-state index contributed by atoms with van der Waals surface area (Å²) in [6.45, 7) is -0.148. The van der Waals surface area contributed by atoms with Crippen LogP contribution >= 0.6 is 11.6 Å². The van der Waals surface area contributed by atoms with Crippen molar-refractivity contribution in [3.8, 4) is 11.1 Å². The first-order valence-corrected chi connectivity index (χ1v) is 8.27. The molecule has 0 saturated carbocycles. The number of aliphatic hydroxyl groups is 2. The van der Waals surface area contributed by atoms with E-state index in [1.165, 1.54) is 6.33 Å². The zero-order valence-electron chi connectivity index (χ0n) is 13.2. The molecule has 7 nitrogen and oxygen atoms in total. The van der Waals surface area contributed by atoms with E-state index in [1.54, 1.807) is 10.6 Å². The summed E-state index contributed by atoms with van der Waals surface area (Å²) in [5.74, 6) is 0.338. The molecule has 1 aromatic carbocycles. The normalized spacial score (nSPS) is 23.4. The molecular weight excluding hydrogens is 344 g/mol. The van der Waals surface area contributed by atoms with Gasteiger partial charge in [0, 0.05) is 23.2 Å². The minimum absolute atomic E-state index is 0.148. The maximum Gasteiger partial charge on any atom is 0.161 e. The van der Waals surface area contributed by atoms with Crippen molar-refractivity contribution >= 4 is 28.5 Å². The van der Waals surface area contributed by atoms with Crippen LogP contribution in [-0.2, 0) is 4.74 Å². The second kappa shape index (κ2) is 6.27. The lowest BCUT2D eigenvalue weighted by molar-refractivity contribution is -0.0483. The van der Waals surface area contributed by atoms with Crippen molar-refractivity contribution in [3.05, 3.63) is 41.8 Å². The third-order valence-electron chi connectivity index (χ3n) is 4.42. The summed E-state index contributed by atoms with van der Waals surface area (Å²) < 4.78 is 7.51. The third-order valence-corrected chi connectivity index (χ3v) is 4.65. The van der Waals surface area contributed by atoms with Gasteiger partial charge in [-0.25, -0.2) is 9.97 Å². The van der Waals surface area contributed by atoms with Gasteiger partial charge in [-0.1, -0.05) is 23.7 Å². The summed E-state index contributed by atoms with van der Waals surface area (Å²) >= 11 is 6.12. The molecule has 0 unspecified atom stereocenters. The molecule has 2 aromatic heterocycles. The van der Waals surface area contributed by atoms with E-state index in [4.69, 9.17) is 22.1 Å². The van der Waals surface area contributed by atoms with Crippen molar-refractivity contribution < 1.29 is 14.9 Å². The van der Waals surface area contributed by atoms with Crippen molar-refractivity contribution in [1.29, 1.82) is 0 Å². The molecular formula is C17H17ClN4O3. The maximum absolute atomic E-state index is 10.3. The first-order chi connectivity index (χ1) is 12.1. The van der Waals surface area contributed by atoms with Gasteiger partial charge < -0.3 is 25.3 Å². The molecule has 4 N–H and O–H groups in total. The zero-order valence-corrected chi connectivity index (χ0v) is 14.0.